The van der Waals surface area contributed by atoms with Crippen molar-refractivity contribution in [3.05, 3.63) is 27.5 Å². The number of rotatable bonds is 6. The van der Waals surface area contributed by atoms with Gasteiger partial charge in [0.05, 0.1) is 10.2 Å². The summed E-state index contributed by atoms with van der Waals surface area (Å²) in [6.07, 6.45) is 4.97. The zero-order chi connectivity index (χ0) is 21.0. The summed E-state index contributed by atoms with van der Waals surface area (Å²) >= 11 is 4.75. The fourth-order valence-electron chi connectivity index (χ4n) is 3.53. The van der Waals surface area contributed by atoms with Crippen molar-refractivity contribution in [2.24, 2.45) is 4.99 Å². The first kappa shape index (κ1) is 22.2. The maximum absolute atomic E-state index is 12.3. The second-order valence-electron chi connectivity index (χ2n) is 7.18. The third-order valence-electron chi connectivity index (χ3n) is 4.85. The summed E-state index contributed by atoms with van der Waals surface area (Å²) in [7, 11) is -3.87. The van der Waals surface area contributed by atoms with Gasteiger partial charge in [-0.1, -0.05) is 46.5 Å². The van der Waals surface area contributed by atoms with E-state index >= 15 is 0 Å². The van der Waals surface area contributed by atoms with Crippen molar-refractivity contribution in [3.8, 4) is 0 Å². The molecule has 158 valence electrons. The van der Waals surface area contributed by atoms with Gasteiger partial charge >= 0.3 is 0 Å². The lowest BCUT2D eigenvalue weighted by Crippen LogP contribution is -2.40. The summed E-state index contributed by atoms with van der Waals surface area (Å²) in [5, 5.41) is 2.77. The Morgan fingerprint density at radius 3 is 2.66 bits per heavy atom. The number of aromatic nitrogens is 1. The minimum atomic E-state index is -3.87. The molecule has 1 aromatic carbocycles. The van der Waals surface area contributed by atoms with Crippen molar-refractivity contribution in [1.29, 1.82) is 0 Å². The standard InChI is InChI=1S/C19H24BrN3O4S2/c1-2-23-15-9-8-13(20)10-16(15)28-19(23)22-18(25)12-29(26,27)11-17(24)21-14-6-4-3-5-7-14/h8-10,14H,2-7,11-12H2,1H3,(H,21,24). The van der Waals surface area contributed by atoms with E-state index in [1.165, 1.54) is 11.3 Å². The molecule has 1 aliphatic rings. The second kappa shape index (κ2) is 9.53. The number of hydrogen-bond acceptors (Lipinski definition) is 5. The van der Waals surface area contributed by atoms with Crippen molar-refractivity contribution in [1.82, 2.24) is 9.88 Å². The molecular weight excluding hydrogens is 478 g/mol. The highest BCUT2D eigenvalue weighted by Crippen LogP contribution is 2.22. The number of thiazole rings is 1. The molecule has 1 aromatic heterocycles. The number of carbonyl (C=O) groups excluding carboxylic acids is 2. The van der Waals surface area contributed by atoms with E-state index in [1.807, 2.05) is 29.7 Å². The second-order valence-corrected chi connectivity index (χ2v) is 11.2. The molecule has 2 aromatic rings. The molecule has 0 unspecified atom stereocenters. The van der Waals surface area contributed by atoms with Crippen molar-refractivity contribution < 1.29 is 18.0 Å². The molecule has 0 spiro atoms. The van der Waals surface area contributed by atoms with E-state index in [4.69, 9.17) is 0 Å². The van der Waals surface area contributed by atoms with Crippen molar-refractivity contribution in [2.45, 2.75) is 51.6 Å². The van der Waals surface area contributed by atoms with E-state index in [0.29, 0.717) is 11.3 Å². The number of carbonyl (C=O) groups is 2. The number of nitrogens with zero attached hydrogens (tertiary/aromatic N) is 2. The maximum Gasteiger partial charge on any atom is 0.263 e. The predicted octanol–water partition coefficient (Wildman–Crippen LogP) is 2.78. The first-order valence-corrected chi connectivity index (χ1v) is 13.1. The van der Waals surface area contributed by atoms with E-state index in [2.05, 4.69) is 26.2 Å². The fraction of sp³-hybridized carbons (Fsp3) is 0.526. The first-order chi connectivity index (χ1) is 13.8. The van der Waals surface area contributed by atoms with E-state index in [0.717, 1.165) is 46.8 Å². The highest BCUT2D eigenvalue weighted by Gasteiger charge is 2.23. The Balaban J connectivity index is 1.70. The molecule has 3 rings (SSSR count). The first-order valence-electron chi connectivity index (χ1n) is 9.63. The third kappa shape index (κ3) is 5.99. The number of benzene rings is 1. The predicted molar refractivity (Wildman–Crippen MR) is 117 cm³/mol. The molecule has 0 saturated heterocycles. The van der Waals surface area contributed by atoms with Crippen LogP contribution in [-0.4, -0.2) is 42.3 Å². The van der Waals surface area contributed by atoms with E-state index < -0.39 is 33.2 Å². The van der Waals surface area contributed by atoms with Gasteiger partial charge in [-0.05, 0) is 38.0 Å². The number of aryl methyl sites for hydroxylation is 1. The molecule has 7 nitrogen and oxygen atoms in total. The number of amides is 2. The van der Waals surface area contributed by atoms with Gasteiger partial charge in [0, 0.05) is 17.1 Å². The van der Waals surface area contributed by atoms with Crippen LogP contribution in [0.15, 0.2) is 27.7 Å². The van der Waals surface area contributed by atoms with Crippen LogP contribution in [0.1, 0.15) is 39.0 Å². The Bertz CT molecular complexity index is 1080. The summed E-state index contributed by atoms with van der Waals surface area (Å²) in [6.45, 7) is 2.54. The van der Waals surface area contributed by atoms with Gasteiger partial charge in [-0.2, -0.15) is 4.99 Å². The van der Waals surface area contributed by atoms with Gasteiger partial charge in [0.1, 0.15) is 11.5 Å². The lowest BCUT2D eigenvalue weighted by atomic mass is 9.95. The number of hydrogen-bond donors (Lipinski definition) is 1. The number of nitrogens with one attached hydrogen (secondary N) is 1. The van der Waals surface area contributed by atoms with Crippen LogP contribution < -0.4 is 10.1 Å². The number of sulfone groups is 1. The largest absolute Gasteiger partial charge is 0.352 e. The maximum atomic E-state index is 12.3. The van der Waals surface area contributed by atoms with Crippen LogP contribution in [0.3, 0.4) is 0 Å². The van der Waals surface area contributed by atoms with Crippen molar-refractivity contribution >= 4 is 59.1 Å². The lowest BCUT2D eigenvalue weighted by Gasteiger charge is -2.22. The number of halogens is 1. The molecule has 2 amide bonds. The van der Waals surface area contributed by atoms with E-state index in [1.54, 1.807) is 0 Å². The molecule has 1 heterocycles. The highest BCUT2D eigenvalue weighted by atomic mass is 79.9. The fourth-order valence-corrected chi connectivity index (χ4v) is 6.22. The zero-order valence-electron chi connectivity index (χ0n) is 16.2. The van der Waals surface area contributed by atoms with Gasteiger partial charge in [-0.25, -0.2) is 8.42 Å². The Kier molecular flexibility index (Phi) is 7.28. The average molecular weight is 502 g/mol. The quantitative estimate of drug-likeness (QED) is 0.657. The van der Waals surface area contributed by atoms with Gasteiger partial charge in [0.25, 0.3) is 5.91 Å². The van der Waals surface area contributed by atoms with Gasteiger partial charge in [-0.15, -0.1) is 0 Å². The van der Waals surface area contributed by atoms with Crippen molar-refractivity contribution in [3.63, 3.8) is 0 Å². The summed E-state index contributed by atoms with van der Waals surface area (Å²) < 4.78 is 28.3. The SMILES string of the molecule is CCn1c(=NC(=O)CS(=O)(=O)CC(=O)NC2CCCCC2)sc2cc(Br)ccc21. The topological polar surface area (TPSA) is 97.6 Å². The van der Waals surface area contributed by atoms with Gasteiger partial charge < -0.3 is 9.88 Å². The molecule has 29 heavy (non-hydrogen) atoms. The smallest absolute Gasteiger partial charge is 0.263 e. The molecule has 0 aliphatic heterocycles. The Morgan fingerprint density at radius 1 is 1.24 bits per heavy atom. The molecule has 1 saturated carbocycles. The lowest BCUT2D eigenvalue weighted by molar-refractivity contribution is -0.119. The molecular formula is C19H24BrN3O4S2. The Labute approximate surface area is 182 Å². The van der Waals surface area contributed by atoms with Crippen LogP contribution in [0.5, 0.6) is 0 Å². The summed E-state index contributed by atoms with van der Waals surface area (Å²) in [6, 6.07) is 5.80. The molecule has 0 radical (unpaired) electrons. The zero-order valence-corrected chi connectivity index (χ0v) is 19.4. The van der Waals surface area contributed by atoms with Gasteiger partial charge in [0.15, 0.2) is 14.6 Å². The summed E-state index contributed by atoms with van der Waals surface area (Å²) in [5.74, 6) is -2.76. The van der Waals surface area contributed by atoms with E-state index in [-0.39, 0.29) is 6.04 Å². The van der Waals surface area contributed by atoms with Crippen LogP contribution in [0.25, 0.3) is 10.2 Å². The average Bonchev–Trinajstić information content (AvgIpc) is 2.96. The van der Waals surface area contributed by atoms with Crippen LogP contribution in [0.4, 0.5) is 0 Å². The Hall–Kier alpha value is -1.52. The third-order valence-corrected chi connectivity index (χ3v) is 7.77. The molecule has 1 N–H and O–H groups in total. The minimum absolute atomic E-state index is 0.0354. The van der Waals surface area contributed by atoms with Crippen molar-refractivity contribution in [2.75, 3.05) is 11.5 Å². The summed E-state index contributed by atoms with van der Waals surface area (Å²) in [5.41, 5.74) is 0.932. The highest BCUT2D eigenvalue weighted by molar-refractivity contribution is 9.10. The number of fused-ring (bicyclic) bond motifs is 1. The van der Waals surface area contributed by atoms with Crippen LogP contribution in [-0.2, 0) is 26.0 Å². The Morgan fingerprint density at radius 2 is 1.97 bits per heavy atom. The monoisotopic (exact) mass is 501 g/mol. The van der Waals surface area contributed by atoms with Crippen LogP contribution in [0.2, 0.25) is 0 Å². The van der Waals surface area contributed by atoms with Gasteiger partial charge in [-0.3, -0.25) is 9.59 Å². The molecule has 0 atom stereocenters. The summed E-state index contributed by atoms with van der Waals surface area (Å²) in [4.78, 5) is 28.9. The normalized spacial score (nSPS) is 16.3. The minimum Gasteiger partial charge on any atom is -0.352 e. The van der Waals surface area contributed by atoms with Gasteiger partial charge in [0.2, 0.25) is 5.91 Å². The van der Waals surface area contributed by atoms with E-state index in [9.17, 15) is 18.0 Å². The molecule has 1 fully saturated rings. The molecule has 1 aliphatic carbocycles. The molecule has 10 heteroatoms. The van der Waals surface area contributed by atoms with Crippen LogP contribution in [0, 0.1) is 0 Å². The van der Waals surface area contributed by atoms with Crippen LogP contribution >= 0.6 is 27.3 Å². The molecule has 0 bridgehead atoms.